The van der Waals surface area contributed by atoms with E-state index in [2.05, 4.69) is 30.4 Å². The van der Waals surface area contributed by atoms with Crippen LogP contribution in [-0.4, -0.2) is 15.3 Å². The van der Waals surface area contributed by atoms with E-state index in [4.69, 9.17) is 0 Å². The standard InChI is InChI=1S/C18H20FN3O/c1-5-20-11(2)12-6-7-13-16(15(12)19)21-14-8-9-18(3,4)10-22(14)17(13)23/h5-7H,1,8-10H2,2-4H3/b20-11+. The van der Waals surface area contributed by atoms with Crippen LogP contribution in [0.25, 0.3) is 10.9 Å². The number of benzene rings is 1. The monoisotopic (exact) mass is 313 g/mol. The zero-order chi connectivity index (χ0) is 16.8. The fourth-order valence-electron chi connectivity index (χ4n) is 3.10. The van der Waals surface area contributed by atoms with Crippen LogP contribution in [0.4, 0.5) is 4.39 Å². The predicted molar refractivity (Wildman–Crippen MR) is 90.5 cm³/mol. The maximum atomic E-state index is 14.8. The molecule has 5 heteroatoms. The van der Waals surface area contributed by atoms with Gasteiger partial charge in [-0.1, -0.05) is 20.4 Å². The van der Waals surface area contributed by atoms with Crippen molar-refractivity contribution in [3.05, 3.63) is 52.5 Å². The molecule has 2 heterocycles. The largest absolute Gasteiger partial charge is 0.296 e. The Morgan fingerprint density at radius 1 is 1.48 bits per heavy atom. The van der Waals surface area contributed by atoms with Crippen LogP contribution in [0.3, 0.4) is 0 Å². The summed E-state index contributed by atoms with van der Waals surface area (Å²) in [6.07, 6.45) is 2.99. The van der Waals surface area contributed by atoms with Crippen LogP contribution in [0.5, 0.6) is 0 Å². The molecule has 0 atom stereocenters. The summed E-state index contributed by atoms with van der Waals surface area (Å²) in [4.78, 5) is 21.2. The van der Waals surface area contributed by atoms with Crippen LogP contribution in [-0.2, 0) is 13.0 Å². The first-order valence-corrected chi connectivity index (χ1v) is 7.72. The number of hydrogen-bond acceptors (Lipinski definition) is 3. The zero-order valence-corrected chi connectivity index (χ0v) is 13.7. The van der Waals surface area contributed by atoms with E-state index in [-0.39, 0.29) is 16.5 Å². The SMILES string of the molecule is C=C/N=C(\C)c1ccc2c(=O)n3c(nc2c1F)CCC(C)(C)C3. The predicted octanol–water partition coefficient (Wildman–Crippen LogP) is 3.46. The van der Waals surface area contributed by atoms with Crippen LogP contribution in [0.1, 0.15) is 38.6 Å². The molecule has 3 rings (SSSR count). The minimum atomic E-state index is -0.490. The van der Waals surface area contributed by atoms with E-state index in [1.165, 1.54) is 6.20 Å². The van der Waals surface area contributed by atoms with E-state index in [1.807, 2.05) is 0 Å². The quantitative estimate of drug-likeness (QED) is 0.797. The zero-order valence-electron chi connectivity index (χ0n) is 13.7. The molecule has 1 aromatic heterocycles. The summed E-state index contributed by atoms with van der Waals surface area (Å²) in [6.45, 7) is 10.1. The molecule has 0 radical (unpaired) electrons. The van der Waals surface area contributed by atoms with E-state index in [0.717, 1.165) is 6.42 Å². The Hall–Kier alpha value is -2.30. The molecule has 0 saturated heterocycles. The first kappa shape index (κ1) is 15.6. The van der Waals surface area contributed by atoms with E-state index in [1.54, 1.807) is 23.6 Å². The molecule has 0 unspecified atom stereocenters. The smallest absolute Gasteiger partial charge is 0.261 e. The molecule has 0 saturated carbocycles. The van der Waals surface area contributed by atoms with Crippen molar-refractivity contribution < 1.29 is 4.39 Å². The Balaban J connectivity index is 2.27. The molecule has 1 aliphatic heterocycles. The number of halogens is 1. The third-order valence-corrected chi connectivity index (χ3v) is 4.43. The number of fused-ring (bicyclic) bond motifs is 2. The molecule has 2 aromatic rings. The van der Waals surface area contributed by atoms with Gasteiger partial charge in [0.15, 0.2) is 5.82 Å². The van der Waals surface area contributed by atoms with Gasteiger partial charge in [-0.2, -0.15) is 0 Å². The topological polar surface area (TPSA) is 47.2 Å². The minimum Gasteiger partial charge on any atom is -0.296 e. The minimum absolute atomic E-state index is 0.0534. The number of hydrogen-bond donors (Lipinski definition) is 0. The van der Waals surface area contributed by atoms with Crippen molar-refractivity contribution in [2.45, 2.75) is 40.2 Å². The lowest BCUT2D eigenvalue weighted by Crippen LogP contribution is -2.36. The van der Waals surface area contributed by atoms with Crippen molar-refractivity contribution in [2.24, 2.45) is 10.4 Å². The summed E-state index contributed by atoms with van der Waals surface area (Å²) in [5, 5.41) is 0.319. The van der Waals surface area contributed by atoms with Crippen LogP contribution in [0.15, 0.2) is 34.7 Å². The van der Waals surface area contributed by atoms with Gasteiger partial charge in [0.2, 0.25) is 0 Å². The van der Waals surface area contributed by atoms with Crippen molar-refractivity contribution in [1.82, 2.24) is 9.55 Å². The summed E-state index contributed by atoms with van der Waals surface area (Å²) in [5.41, 5.74) is 0.891. The Morgan fingerprint density at radius 2 is 2.22 bits per heavy atom. The molecule has 1 aliphatic rings. The molecule has 4 nitrogen and oxygen atoms in total. The van der Waals surface area contributed by atoms with Crippen molar-refractivity contribution in [3.63, 3.8) is 0 Å². The summed E-state index contributed by atoms with van der Waals surface area (Å²) in [7, 11) is 0. The second-order valence-corrected chi connectivity index (χ2v) is 6.80. The summed E-state index contributed by atoms with van der Waals surface area (Å²) in [5.74, 6) is 0.173. The van der Waals surface area contributed by atoms with Gasteiger partial charge in [0, 0.05) is 30.4 Å². The Kier molecular flexibility index (Phi) is 3.66. The summed E-state index contributed by atoms with van der Waals surface area (Å²) in [6, 6.07) is 3.23. The maximum absolute atomic E-state index is 14.8. The van der Waals surface area contributed by atoms with Gasteiger partial charge >= 0.3 is 0 Å². The third-order valence-electron chi connectivity index (χ3n) is 4.43. The van der Waals surface area contributed by atoms with Gasteiger partial charge in [0.1, 0.15) is 11.3 Å². The molecule has 1 aromatic carbocycles. The van der Waals surface area contributed by atoms with E-state index in [9.17, 15) is 9.18 Å². The highest BCUT2D eigenvalue weighted by molar-refractivity contribution is 6.02. The molecular weight excluding hydrogens is 293 g/mol. The Bertz CT molecular complexity index is 893. The van der Waals surface area contributed by atoms with Gasteiger partial charge in [0.25, 0.3) is 5.56 Å². The second kappa shape index (κ2) is 5.41. The van der Waals surface area contributed by atoms with Gasteiger partial charge in [-0.15, -0.1) is 0 Å². The highest BCUT2D eigenvalue weighted by Gasteiger charge is 2.28. The lowest BCUT2D eigenvalue weighted by Gasteiger charge is -2.31. The number of aryl methyl sites for hydroxylation is 1. The Morgan fingerprint density at radius 3 is 2.91 bits per heavy atom. The van der Waals surface area contributed by atoms with Crippen LogP contribution in [0, 0.1) is 11.2 Å². The first-order valence-electron chi connectivity index (χ1n) is 7.72. The first-order chi connectivity index (χ1) is 10.8. The molecule has 0 N–H and O–H groups in total. The lowest BCUT2D eigenvalue weighted by atomic mass is 9.85. The van der Waals surface area contributed by atoms with Crippen molar-refractivity contribution >= 4 is 16.6 Å². The highest BCUT2D eigenvalue weighted by Crippen LogP contribution is 2.30. The van der Waals surface area contributed by atoms with Crippen LogP contribution in [0.2, 0.25) is 0 Å². The normalized spacial score (nSPS) is 17.1. The average Bonchev–Trinajstić information content (AvgIpc) is 2.49. The summed E-state index contributed by atoms with van der Waals surface area (Å²) < 4.78 is 16.5. The third kappa shape index (κ3) is 2.60. The van der Waals surface area contributed by atoms with Crippen molar-refractivity contribution in [1.29, 1.82) is 0 Å². The molecule has 0 amide bonds. The van der Waals surface area contributed by atoms with Gasteiger partial charge in [-0.3, -0.25) is 14.4 Å². The van der Waals surface area contributed by atoms with Gasteiger partial charge in [-0.25, -0.2) is 9.37 Å². The van der Waals surface area contributed by atoms with Crippen LogP contribution >= 0.6 is 0 Å². The number of aromatic nitrogens is 2. The fraction of sp³-hybridized carbons (Fsp3) is 0.389. The van der Waals surface area contributed by atoms with Crippen molar-refractivity contribution in [3.8, 4) is 0 Å². The van der Waals surface area contributed by atoms with E-state index < -0.39 is 5.82 Å². The molecule has 0 aliphatic carbocycles. The lowest BCUT2D eigenvalue weighted by molar-refractivity contribution is 0.240. The van der Waals surface area contributed by atoms with Crippen molar-refractivity contribution in [2.75, 3.05) is 0 Å². The van der Waals surface area contributed by atoms with Gasteiger partial charge in [-0.05, 0) is 30.9 Å². The number of nitrogens with zero attached hydrogens (tertiary/aromatic N) is 3. The molecule has 0 fully saturated rings. The van der Waals surface area contributed by atoms with Gasteiger partial charge in [0.05, 0.1) is 5.39 Å². The van der Waals surface area contributed by atoms with Gasteiger partial charge < -0.3 is 0 Å². The number of rotatable bonds is 2. The van der Waals surface area contributed by atoms with E-state index in [0.29, 0.717) is 35.5 Å². The van der Waals surface area contributed by atoms with Crippen LogP contribution < -0.4 is 5.56 Å². The average molecular weight is 313 g/mol. The second-order valence-electron chi connectivity index (χ2n) is 6.80. The number of aliphatic imine (C=N–C) groups is 1. The molecule has 0 bridgehead atoms. The maximum Gasteiger partial charge on any atom is 0.261 e. The van der Waals surface area contributed by atoms with E-state index >= 15 is 0 Å². The molecule has 23 heavy (non-hydrogen) atoms. The fourth-order valence-corrected chi connectivity index (χ4v) is 3.10. The summed E-state index contributed by atoms with van der Waals surface area (Å²) >= 11 is 0. The molecule has 120 valence electrons. The highest BCUT2D eigenvalue weighted by atomic mass is 19.1. The molecule has 0 spiro atoms. The molecular formula is C18H20FN3O. The Labute approximate surface area is 134 Å².